The Morgan fingerprint density at radius 2 is 1.60 bits per heavy atom. The zero-order valence-electron chi connectivity index (χ0n) is 29.3. The lowest BCUT2D eigenvalue weighted by molar-refractivity contribution is -0.0880. The smallest absolute Gasteiger partial charge is 0.278 e. The van der Waals surface area contributed by atoms with Crippen LogP contribution in [0, 0.1) is 11.7 Å². The van der Waals surface area contributed by atoms with E-state index in [4.69, 9.17) is 4.99 Å². The molecule has 6 nitrogen and oxygen atoms in total. The number of hydrogen-bond acceptors (Lipinski definition) is 5. The summed E-state index contributed by atoms with van der Waals surface area (Å²) < 4.78 is 50.2. The highest BCUT2D eigenvalue weighted by Gasteiger charge is 2.45. The van der Waals surface area contributed by atoms with Gasteiger partial charge in [0.25, 0.3) is 11.5 Å². The number of nitrogens with one attached hydrogen (secondary N) is 1. The lowest BCUT2D eigenvalue weighted by Crippen LogP contribution is -2.40. The molecule has 1 N–H and O–H groups in total. The Morgan fingerprint density at radius 3 is 2.31 bits per heavy atom. The van der Waals surface area contributed by atoms with E-state index >= 15 is 13.2 Å². The number of likely N-dealkylation sites (tertiary alicyclic amines) is 1. The molecule has 0 aliphatic carbocycles. The zero-order valence-corrected chi connectivity index (χ0v) is 29.3. The number of anilines is 1. The van der Waals surface area contributed by atoms with Gasteiger partial charge >= 0.3 is 0 Å². The number of fused-ring (bicyclic) bond motifs is 9. The third kappa shape index (κ3) is 7.32. The van der Waals surface area contributed by atoms with Gasteiger partial charge in [-0.3, -0.25) is 14.4 Å². The summed E-state index contributed by atoms with van der Waals surface area (Å²) in [6.45, 7) is 12.9. The van der Waals surface area contributed by atoms with Crippen LogP contribution in [-0.2, 0) is 12.5 Å². The number of nitrogens with zero attached hydrogens (tertiary/aromatic N) is 4. The highest BCUT2D eigenvalue weighted by Crippen LogP contribution is 2.44. The molecule has 1 aromatic heterocycles. The van der Waals surface area contributed by atoms with E-state index in [0.29, 0.717) is 44.9 Å². The highest BCUT2D eigenvalue weighted by molar-refractivity contribution is 6.06. The first-order valence-corrected chi connectivity index (χ1v) is 18.4. The Kier molecular flexibility index (Phi) is 10.9. The van der Waals surface area contributed by atoms with Crippen molar-refractivity contribution in [2.45, 2.75) is 122 Å². The summed E-state index contributed by atoms with van der Waals surface area (Å²) in [7, 11) is 0. The van der Waals surface area contributed by atoms with Crippen molar-refractivity contribution in [1.29, 1.82) is 0 Å². The maximum absolute atomic E-state index is 16.2. The third-order valence-corrected chi connectivity index (χ3v) is 11.4. The number of alkyl halides is 2. The second-order valence-corrected chi connectivity index (χ2v) is 15.0. The fraction of sp³-hybridized carbons (Fsp3) is 0.641. The summed E-state index contributed by atoms with van der Waals surface area (Å²) in [6, 6.07) is 6.22. The maximum Gasteiger partial charge on any atom is 0.278 e. The summed E-state index contributed by atoms with van der Waals surface area (Å²) >= 11 is 0. The van der Waals surface area contributed by atoms with Crippen LogP contribution in [0.5, 0.6) is 0 Å². The minimum absolute atomic E-state index is 0.0626. The molecule has 2 aromatic rings. The molecular weight excluding hydrogens is 611 g/mol. The molecule has 0 amide bonds. The van der Waals surface area contributed by atoms with Gasteiger partial charge in [0.05, 0.1) is 17.3 Å². The first-order chi connectivity index (χ1) is 23.0. The Balaban J connectivity index is 1.44. The monoisotopic (exact) mass is 665 g/mol. The van der Waals surface area contributed by atoms with E-state index in [1.165, 1.54) is 6.07 Å². The predicted molar refractivity (Wildman–Crippen MR) is 189 cm³/mol. The molecular formula is C39H54F3N5O. The minimum Gasteiger partial charge on any atom is -0.347 e. The molecule has 5 aliphatic heterocycles. The first-order valence-electron chi connectivity index (χ1n) is 18.4. The molecule has 7 rings (SSSR count). The van der Waals surface area contributed by atoms with Crippen LogP contribution < -0.4 is 10.9 Å². The van der Waals surface area contributed by atoms with Crippen molar-refractivity contribution in [2.75, 3.05) is 38.0 Å². The van der Waals surface area contributed by atoms with E-state index in [2.05, 4.69) is 29.0 Å². The number of aliphatic imine (C=N–C) groups is 1. The predicted octanol–water partition coefficient (Wildman–Crippen LogP) is 8.61. The molecule has 0 spiro atoms. The maximum atomic E-state index is 16.2. The number of hydrogen-bond donors (Lipinski definition) is 1. The van der Waals surface area contributed by atoms with Gasteiger partial charge in [0.15, 0.2) is 0 Å². The van der Waals surface area contributed by atoms with Gasteiger partial charge in [0.2, 0.25) is 0 Å². The van der Waals surface area contributed by atoms with Crippen molar-refractivity contribution in [3.05, 3.63) is 74.5 Å². The highest BCUT2D eigenvalue weighted by atomic mass is 19.3. The summed E-state index contributed by atoms with van der Waals surface area (Å²) in [5.41, 5.74) is 3.19. The molecule has 8 bridgehead atoms. The summed E-state index contributed by atoms with van der Waals surface area (Å²) in [6.07, 6.45) is 10.1. The summed E-state index contributed by atoms with van der Waals surface area (Å²) in [5.74, 6) is -4.12. The molecule has 262 valence electrons. The third-order valence-electron chi connectivity index (χ3n) is 11.4. The molecule has 1 aromatic carbocycles. The van der Waals surface area contributed by atoms with Crippen molar-refractivity contribution < 1.29 is 13.2 Å². The molecule has 2 saturated heterocycles. The number of allylic oxidation sites excluding steroid dienone is 1. The number of piperidine rings is 2. The molecule has 2 fully saturated rings. The van der Waals surface area contributed by atoms with E-state index < -0.39 is 29.3 Å². The average molecular weight is 666 g/mol. The van der Waals surface area contributed by atoms with E-state index in [0.717, 1.165) is 92.8 Å². The summed E-state index contributed by atoms with van der Waals surface area (Å²) in [4.78, 5) is 24.2. The van der Waals surface area contributed by atoms with Crippen molar-refractivity contribution in [2.24, 2.45) is 10.9 Å². The standard InChI is InChI=1S/C39H54F3N5O/c1-26(2)46-21-13-29(14-22-46)32-24-33-35-23-27(3)25-43-37(33)47(38(32)48)18-9-7-5-6-8-17-45-19-15-30(16-20-45)39(41,42)34-12-10-11-31(36(34)40)28(4)44-35/h10-12,24-26,28-30,43H,5-9,13-23H2,1-4H3/t28-/m0/s1. The Morgan fingerprint density at radius 1 is 0.917 bits per heavy atom. The molecule has 1 atom stereocenters. The van der Waals surface area contributed by atoms with Gasteiger partial charge in [0.1, 0.15) is 11.6 Å². The van der Waals surface area contributed by atoms with E-state index in [-0.39, 0.29) is 17.0 Å². The van der Waals surface area contributed by atoms with Crippen molar-refractivity contribution in [1.82, 2.24) is 14.4 Å². The minimum atomic E-state index is -3.26. The molecule has 48 heavy (non-hydrogen) atoms. The average Bonchev–Trinajstić information content (AvgIpc) is 3.22. The number of aromatic nitrogens is 1. The van der Waals surface area contributed by atoms with Crippen LogP contribution in [0.15, 0.2) is 45.8 Å². The van der Waals surface area contributed by atoms with Crippen LogP contribution >= 0.6 is 0 Å². The number of halogens is 3. The van der Waals surface area contributed by atoms with Gasteiger partial charge in [-0.2, -0.15) is 0 Å². The van der Waals surface area contributed by atoms with E-state index in [1.54, 1.807) is 19.1 Å². The van der Waals surface area contributed by atoms with Gasteiger partial charge in [-0.1, -0.05) is 43.0 Å². The largest absolute Gasteiger partial charge is 0.347 e. The van der Waals surface area contributed by atoms with Crippen LogP contribution in [0.3, 0.4) is 0 Å². The van der Waals surface area contributed by atoms with Crippen LogP contribution in [0.25, 0.3) is 0 Å². The molecule has 0 saturated carbocycles. The zero-order chi connectivity index (χ0) is 34.0. The van der Waals surface area contributed by atoms with Crippen LogP contribution in [0.4, 0.5) is 19.0 Å². The fourth-order valence-electron chi connectivity index (χ4n) is 8.32. The molecule has 5 aliphatic rings. The van der Waals surface area contributed by atoms with Crippen LogP contribution in [-0.4, -0.2) is 58.8 Å². The van der Waals surface area contributed by atoms with Gasteiger partial charge in [-0.05, 0) is 111 Å². The SMILES string of the molecule is CC1=CNc2c3cc(C4CCN(C(C)C)CC4)c(=O)n2CCCCCCCN2CCC(CC2)C(F)(F)c2cccc(c2F)[C@H](C)N=C3C1. The molecule has 6 heterocycles. The quantitative estimate of drug-likeness (QED) is 0.349. The number of rotatable bonds is 2. The second-order valence-electron chi connectivity index (χ2n) is 15.0. The molecule has 9 heteroatoms. The molecule has 0 unspecified atom stereocenters. The second kappa shape index (κ2) is 14.9. The normalized spacial score (nSPS) is 26.2. The van der Waals surface area contributed by atoms with Crippen molar-refractivity contribution in [3.8, 4) is 0 Å². The van der Waals surface area contributed by atoms with Crippen molar-refractivity contribution >= 4 is 11.5 Å². The first kappa shape index (κ1) is 34.9. The lowest BCUT2D eigenvalue weighted by atomic mass is 9.85. The van der Waals surface area contributed by atoms with Crippen LogP contribution in [0.1, 0.15) is 126 Å². The van der Waals surface area contributed by atoms with Gasteiger partial charge < -0.3 is 15.1 Å². The van der Waals surface area contributed by atoms with Crippen LogP contribution in [0.2, 0.25) is 0 Å². The van der Waals surface area contributed by atoms with Crippen molar-refractivity contribution in [3.63, 3.8) is 0 Å². The summed E-state index contributed by atoms with van der Waals surface area (Å²) in [5, 5.41) is 3.45. The molecule has 0 radical (unpaired) electrons. The number of benzene rings is 1. The van der Waals surface area contributed by atoms with Gasteiger partial charge in [-0.25, -0.2) is 13.2 Å². The Hall–Kier alpha value is -2.91. The number of pyridine rings is 1. The Labute approximate surface area is 284 Å². The van der Waals surface area contributed by atoms with E-state index in [9.17, 15) is 4.79 Å². The van der Waals surface area contributed by atoms with Gasteiger partial charge in [-0.15, -0.1) is 0 Å². The topological polar surface area (TPSA) is 52.9 Å². The Bertz CT molecular complexity index is 1560. The van der Waals surface area contributed by atoms with E-state index in [1.807, 2.05) is 23.8 Å². The fourth-order valence-corrected chi connectivity index (χ4v) is 8.32. The lowest BCUT2D eigenvalue weighted by Gasteiger charge is -2.36. The van der Waals surface area contributed by atoms with Gasteiger partial charge in [0, 0.05) is 47.8 Å².